The van der Waals surface area contributed by atoms with Crippen molar-refractivity contribution in [2.24, 2.45) is 0 Å². The Morgan fingerprint density at radius 2 is 1.81 bits per heavy atom. The highest BCUT2D eigenvalue weighted by Crippen LogP contribution is 2.25. The third-order valence-electron chi connectivity index (χ3n) is 4.03. The molecule has 0 aliphatic rings. The van der Waals surface area contributed by atoms with Crippen molar-refractivity contribution < 1.29 is 0 Å². The van der Waals surface area contributed by atoms with Crippen molar-refractivity contribution >= 4 is 0 Å². The molecule has 0 spiro atoms. The summed E-state index contributed by atoms with van der Waals surface area (Å²) < 4.78 is 0. The Morgan fingerprint density at radius 1 is 1.15 bits per heavy atom. The average Bonchev–Trinajstić information content (AvgIpc) is 2.65. The molecule has 136 valence electrons. The lowest BCUT2D eigenvalue weighted by Crippen LogP contribution is -2.12. The van der Waals surface area contributed by atoms with Crippen LogP contribution in [0.5, 0.6) is 0 Å². The average molecular weight is 347 g/mol. The van der Waals surface area contributed by atoms with E-state index in [0.717, 1.165) is 34.4 Å². The number of nitrogens with zero attached hydrogens (tertiary/aromatic N) is 1. The summed E-state index contributed by atoms with van der Waals surface area (Å²) in [6.07, 6.45) is 10.5. The van der Waals surface area contributed by atoms with E-state index in [1.807, 2.05) is 50.3 Å². The maximum atomic E-state index is 4.08. The molecule has 0 amide bonds. The Bertz CT molecular complexity index is 746. The Hall–Kier alpha value is -3.00. The van der Waals surface area contributed by atoms with Crippen LogP contribution in [0.25, 0.3) is 0 Å². The van der Waals surface area contributed by atoms with Crippen molar-refractivity contribution in [3.63, 3.8) is 0 Å². The predicted molar refractivity (Wildman–Crippen MR) is 115 cm³/mol. The van der Waals surface area contributed by atoms with Gasteiger partial charge in [-0.2, -0.15) is 0 Å². The van der Waals surface area contributed by atoms with E-state index in [2.05, 4.69) is 62.0 Å². The molecule has 0 heterocycles. The highest BCUT2D eigenvalue weighted by atomic mass is 15.1. The zero-order valence-electron chi connectivity index (χ0n) is 16.3. The minimum absolute atomic E-state index is 0.803. The van der Waals surface area contributed by atoms with Gasteiger partial charge in [-0.05, 0) is 54.3 Å². The summed E-state index contributed by atoms with van der Waals surface area (Å²) in [5.74, 6) is 0. The lowest BCUT2D eigenvalue weighted by Gasteiger charge is -2.21. The van der Waals surface area contributed by atoms with Crippen molar-refractivity contribution in [1.29, 1.82) is 0 Å². The summed E-state index contributed by atoms with van der Waals surface area (Å²) in [6.45, 7) is 19.8. The van der Waals surface area contributed by atoms with Crippen molar-refractivity contribution in [3.05, 3.63) is 121 Å². The van der Waals surface area contributed by atoms with Gasteiger partial charge in [0.05, 0.1) is 0 Å². The van der Waals surface area contributed by atoms with Crippen LogP contribution in [0.1, 0.15) is 19.4 Å². The summed E-state index contributed by atoms with van der Waals surface area (Å²) in [7, 11) is 1.97. The van der Waals surface area contributed by atoms with Gasteiger partial charge >= 0.3 is 0 Å². The Labute approximate surface area is 158 Å². The first-order chi connectivity index (χ1) is 12.4. The van der Waals surface area contributed by atoms with Crippen LogP contribution >= 0.6 is 0 Å². The summed E-state index contributed by atoms with van der Waals surface area (Å²) in [6, 6.07) is 10.4. The van der Waals surface area contributed by atoms with E-state index in [1.165, 1.54) is 5.56 Å². The SMILES string of the molecule is C=CN\C=C(Cc1ccccc1)/C(=C\C)C(/C=C)=C/N(C)C(=C)C(=C)C. The summed E-state index contributed by atoms with van der Waals surface area (Å²) in [4.78, 5) is 1.98. The zero-order chi connectivity index (χ0) is 19.5. The van der Waals surface area contributed by atoms with Crippen molar-refractivity contribution in [2.75, 3.05) is 7.05 Å². The molecule has 0 aromatic heterocycles. The highest BCUT2D eigenvalue weighted by molar-refractivity contribution is 5.52. The highest BCUT2D eigenvalue weighted by Gasteiger charge is 2.11. The molecule has 1 rings (SSSR count). The van der Waals surface area contributed by atoms with Crippen LogP contribution in [0.4, 0.5) is 0 Å². The second-order valence-corrected chi connectivity index (χ2v) is 6.03. The van der Waals surface area contributed by atoms with Crippen LogP contribution in [0, 0.1) is 0 Å². The van der Waals surface area contributed by atoms with Gasteiger partial charge in [0.25, 0.3) is 0 Å². The van der Waals surface area contributed by atoms with E-state index in [-0.39, 0.29) is 0 Å². The summed E-state index contributed by atoms with van der Waals surface area (Å²) in [5, 5.41) is 3.11. The Balaban J connectivity index is 3.26. The number of nitrogens with one attached hydrogen (secondary N) is 1. The molecule has 1 N–H and O–H groups in total. The lowest BCUT2D eigenvalue weighted by atomic mass is 9.93. The van der Waals surface area contributed by atoms with Crippen LogP contribution in [0.3, 0.4) is 0 Å². The van der Waals surface area contributed by atoms with Gasteiger partial charge in [0.2, 0.25) is 0 Å². The van der Waals surface area contributed by atoms with Crippen LogP contribution in [0.15, 0.2) is 115 Å². The molecular weight excluding hydrogens is 316 g/mol. The normalized spacial score (nSPS) is 12.3. The third kappa shape index (κ3) is 6.14. The van der Waals surface area contributed by atoms with Gasteiger partial charge in [0, 0.05) is 25.1 Å². The number of benzene rings is 1. The number of rotatable bonds is 10. The number of hydrogen-bond acceptors (Lipinski definition) is 2. The van der Waals surface area contributed by atoms with Gasteiger partial charge in [0.1, 0.15) is 0 Å². The van der Waals surface area contributed by atoms with Crippen LogP contribution in [-0.2, 0) is 6.42 Å². The molecule has 26 heavy (non-hydrogen) atoms. The van der Waals surface area contributed by atoms with Gasteiger partial charge in [-0.3, -0.25) is 0 Å². The zero-order valence-corrected chi connectivity index (χ0v) is 16.3. The molecule has 0 bridgehead atoms. The smallest absolute Gasteiger partial charge is 0.0354 e. The summed E-state index contributed by atoms with van der Waals surface area (Å²) >= 11 is 0. The van der Waals surface area contributed by atoms with Gasteiger partial charge in [-0.25, -0.2) is 0 Å². The van der Waals surface area contributed by atoms with E-state index >= 15 is 0 Å². The van der Waals surface area contributed by atoms with Crippen molar-refractivity contribution in [3.8, 4) is 0 Å². The molecule has 0 radical (unpaired) electrons. The molecule has 0 unspecified atom stereocenters. The third-order valence-corrected chi connectivity index (χ3v) is 4.03. The maximum Gasteiger partial charge on any atom is 0.0354 e. The lowest BCUT2D eigenvalue weighted by molar-refractivity contribution is 0.579. The topological polar surface area (TPSA) is 15.3 Å². The van der Waals surface area contributed by atoms with Crippen molar-refractivity contribution in [1.82, 2.24) is 10.2 Å². The Morgan fingerprint density at radius 3 is 2.31 bits per heavy atom. The summed E-state index contributed by atoms with van der Waals surface area (Å²) in [5.41, 5.74) is 6.33. The van der Waals surface area contributed by atoms with Gasteiger partial charge in [-0.1, -0.05) is 68.8 Å². The fourth-order valence-corrected chi connectivity index (χ4v) is 2.56. The number of hydrogen-bond donors (Lipinski definition) is 1. The van der Waals surface area contributed by atoms with Crippen LogP contribution in [0.2, 0.25) is 0 Å². The van der Waals surface area contributed by atoms with E-state index < -0.39 is 0 Å². The van der Waals surface area contributed by atoms with E-state index in [9.17, 15) is 0 Å². The first-order valence-electron chi connectivity index (χ1n) is 8.63. The first kappa shape index (κ1) is 21.0. The molecule has 0 aliphatic carbocycles. The van der Waals surface area contributed by atoms with Crippen molar-refractivity contribution in [2.45, 2.75) is 20.3 Å². The molecule has 1 aromatic rings. The second kappa shape index (κ2) is 10.8. The number of likely N-dealkylation sites (N-methyl/N-ethyl adjacent to an activating group) is 1. The molecular formula is C24H30N2. The minimum Gasteiger partial charge on any atom is -0.368 e. The van der Waals surface area contributed by atoms with Gasteiger partial charge < -0.3 is 10.2 Å². The molecule has 0 saturated carbocycles. The predicted octanol–water partition coefficient (Wildman–Crippen LogP) is 5.88. The van der Waals surface area contributed by atoms with Gasteiger partial charge in [-0.15, -0.1) is 0 Å². The van der Waals surface area contributed by atoms with E-state index in [1.54, 1.807) is 6.20 Å². The fourth-order valence-electron chi connectivity index (χ4n) is 2.56. The molecule has 2 heteroatoms. The molecule has 2 nitrogen and oxygen atoms in total. The standard InChI is InChI=1S/C24H30N2/c1-8-22(18-26(7)20(6)19(4)5)24(9-2)23(17-25-10-3)16-21-14-12-11-13-15-21/h8-15,17-18,25H,1,3-4,6,16H2,2,5,7H3/b22-18+,23-17-,24-9-. The minimum atomic E-state index is 0.803. The van der Waals surface area contributed by atoms with Crippen LogP contribution in [-0.4, -0.2) is 11.9 Å². The molecule has 0 aliphatic heterocycles. The van der Waals surface area contributed by atoms with E-state index in [0.29, 0.717) is 0 Å². The molecule has 0 saturated heterocycles. The largest absolute Gasteiger partial charge is 0.368 e. The van der Waals surface area contributed by atoms with Crippen LogP contribution < -0.4 is 5.32 Å². The Kier molecular flexibility index (Phi) is 8.72. The molecule has 0 atom stereocenters. The maximum absolute atomic E-state index is 4.08. The number of allylic oxidation sites excluding steroid dienone is 6. The van der Waals surface area contributed by atoms with E-state index in [4.69, 9.17) is 0 Å². The molecule has 0 fully saturated rings. The molecule has 1 aromatic carbocycles. The second-order valence-electron chi connectivity index (χ2n) is 6.03. The monoisotopic (exact) mass is 346 g/mol. The van der Waals surface area contributed by atoms with Gasteiger partial charge in [0.15, 0.2) is 0 Å². The fraction of sp³-hybridized carbons (Fsp3) is 0.167. The quantitative estimate of drug-likeness (QED) is 0.532. The first-order valence-corrected chi connectivity index (χ1v) is 8.63.